The molecule has 0 amide bonds. The molecule has 0 fully saturated rings. The van der Waals surface area contributed by atoms with Gasteiger partial charge in [-0.1, -0.05) is 31.8 Å². The van der Waals surface area contributed by atoms with Crippen molar-refractivity contribution in [1.29, 1.82) is 0 Å². The maximum absolute atomic E-state index is 5.43. The van der Waals surface area contributed by atoms with Crippen molar-refractivity contribution in [2.75, 3.05) is 27.2 Å². The van der Waals surface area contributed by atoms with Gasteiger partial charge in [0.05, 0.1) is 19.2 Å². The van der Waals surface area contributed by atoms with Crippen LogP contribution in [0, 0.1) is 17.8 Å². The molecule has 0 aliphatic rings. The van der Waals surface area contributed by atoms with Crippen LogP contribution in [0.3, 0.4) is 0 Å². The van der Waals surface area contributed by atoms with Gasteiger partial charge in [0.1, 0.15) is 5.75 Å². The normalized spacial score (nSPS) is 10.6. The molecule has 0 bridgehead atoms. The lowest BCUT2D eigenvalue weighted by Crippen LogP contribution is -2.20. The van der Waals surface area contributed by atoms with Crippen LogP contribution in [0.25, 0.3) is 0 Å². The highest BCUT2D eigenvalue weighted by Crippen LogP contribution is 2.19. The quantitative estimate of drug-likeness (QED) is 0.810. The molecule has 0 radical (unpaired) electrons. The standard InChI is InChI=1S/C17H26N2O/c1-14(2)9-11-19(3)13-15-7-8-17(20-4)16(12-15)6-5-10-18/h7-8,12,14H,9-11,13,18H2,1-4H3. The van der Waals surface area contributed by atoms with E-state index in [1.54, 1.807) is 7.11 Å². The zero-order chi connectivity index (χ0) is 15.0. The number of hydrogen-bond acceptors (Lipinski definition) is 3. The number of ether oxygens (including phenoxy) is 1. The third kappa shape index (κ3) is 5.64. The Morgan fingerprint density at radius 3 is 2.70 bits per heavy atom. The topological polar surface area (TPSA) is 38.5 Å². The van der Waals surface area contributed by atoms with Crippen molar-refractivity contribution in [2.45, 2.75) is 26.8 Å². The number of nitrogens with two attached hydrogens (primary N) is 1. The van der Waals surface area contributed by atoms with Crippen molar-refractivity contribution in [2.24, 2.45) is 11.7 Å². The maximum atomic E-state index is 5.43. The Labute approximate surface area is 123 Å². The molecular formula is C17H26N2O. The van der Waals surface area contributed by atoms with E-state index in [9.17, 15) is 0 Å². The third-order valence-electron chi connectivity index (χ3n) is 3.13. The molecule has 20 heavy (non-hydrogen) atoms. The summed E-state index contributed by atoms with van der Waals surface area (Å²) >= 11 is 0. The lowest BCUT2D eigenvalue weighted by molar-refractivity contribution is 0.303. The van der Waals surface area contributed by atoms with E-state index in [0.29, 0.717) is 6.54 Å². The summed E-state index contributed by atoms with van der Waals surface area (Å²) in [5.74, 6) is 7.49. The van der Waals surface area contributed by atoms with E-state index in [2.05, 4.69) is 49.8 Å². The smallest absolute Gasteiger partial charge is 0.134 e. The molecule has 0 unspecified atom stereocenters. The Kier molecular flexibility index (Phi) is 7.14. The van der Waals surface area contributed by atoms with Crippen molar-refractivity contribution < 1.29 is 4.74 Å². The first-order valence-corrected chi connectivity index (χ1v) is 7.11. The Morgan fingerprint density at radius 1 is 1.35 bits per heavy atom. The number of benzene rings is 1. The highest BCUT2D eigenvalue weighted by molar-refractivity contribution is 5.48. The first-order chi connectivity index (χ1) is 9.56. The van der Waals surface area contributed by atoms with Crippen LogP contribution in [0.15, 0.2) is 18.2 Å². The molecule has 0 saturated heterocycles. The van der Waals surface area contributed by atoms with Gasteiger partial charge in [-0.05, 0) is 43.6 Å². The second-order valence-corrected chi connectivity index (χ2v) is 5.46. The van der Waals surface area contributed by atoms with Gasteiger partial charge >= 0.3 is 0 Å². The summed E-state index contributed by atoms with van der Waals surface area (Å²) in [6, 6.07) is 6.16. The molecule has 0 aromatic heterocycles. The largest absolute Gasteiger partial charge is 0.495 e. The monoisotopic (exact) mass is 274 g/mol. The molecule has 1 rings (SSSR count). The SMILES string of the molecule is COc1ccc(CN(C)CCC(C)C)cc1C#CCN. The predicted octanol–water partition coefficient (Wildman–Crippen LogP) is 2.48. The molecule has 0 atom stereocenters. The third-order valence-corrected chi connectivity index (χ3v) is 3.13. The second kappa shape index (κ2) is 8.63. The van der Waals surface area contributed by atoms with Crippen LogP contribution >= 0.6 is 0 Å². The predicted molar refractivity (Wildman–Crippen MR) is 84.7 cm³/mol. The summed E-state index contributed by atoms with van der Waals surface area (Å²) in [5.41, 5.74) is 7.59. The average Bonchev–Trinajstić information content (AvgIpc) is 2.43. The molecule has 0 aliphatic heterocycles. The lowest BCUT2D eigenvalue weighted by Gasteiger charge is -2.18. The van der Waals surface area contributed by atoms with Crippen LogP contribution in [0.5, 0.6) is 5.75 Å². The number of hydrogen-bond donors (Lipinski definition) is 1. The van der Waals surface area contributed by atoms with Gasteiger partial charge in [0.25, 0.3) is 0 Å². The molecule has 1 aromatic carbocycles. The van der Waals surface area contributed by atoms with Crippen molar-refractivity contribution in [1.82, 2.24) is 4.90 Å². The fourth-order valence-corrected chi connectivity index (χ4v) is 1.97. The summed E-state index contributed by atoms with van der Waals surface area (Å²) in [7, 11) is 3.81. The second-order valence-electron chi connectivity index (χ2n) is 5.46. The van der Waals surface area contributed by atoms with E-state index in [-0.39, 0.29) is 0 Å². The molecule has 0 aliphatic carbocycles. The summed E-state index contributed by atoms with van der Waals surface area (Å²) in [6.07, 6.45) is 1.21. The number of nitrogens with zero attached hydrogens (tertiary/aromatic N) is 1. The van der Waals surface area contributed by atoms with Crippen LogP contribution < -0.4 is 10.5 Å². The van der Waals surface area contributed by atoms with Crippen molar-refractivity contribution in [3.63, 3.8) is 0 Å². The summed E-state index contributed by atoms with van der Waals surface area (Å²) in [6.45, 7) is 6.90. The van der Waals surface area contributed by atoms with Gasteiger partial charge in [-0.2, -0.15) is 0 Å². The Hall–Kier alpha value is -1.50. The summed E-state index contributed by atoms with van der Waals surface area (Å²) < 4.78 is 5.32. The van der Waals surface area contributed by atoms with Gasteiger partial charge in [-0.25, -0.2) is 0 Å². The van der Waals surface area contributed by atoms with Crippen LogP contribution in [0.2, 0.25) is 0 Å². The van der Waals surface area contributed by atoms with Crippen molar-refractivity contribution in [3.05, 3.63) is 29.3 Å². The van der Waals surface area contributed by atoms with Gasteiger partial charge in [0.15, 0.2) is 0 Å². The summed E-state index contributed by atoms with van der Waals surface area (Å²) in [5, 5.41) is 0. The van der Waals surface area contributed by atoms with Crippen molar-refractivity contribution in [3.8, 4) is 17.6 Å². The average molecular weight is 274 g/mol. The first kappa shape index (κ1) is 16.6. The Bertz CT molecular complexity index is 472. The van der Waals surface area contributed by atoms with E-state index in [0.717, 1.165) is 30.3 Å². The molecule has 0 heterocycles. The number of methoxy groups -OCH3 is 1. The molecule has 2 N–H and O–H groups in total. The Balaban J connectivity index is 2.76. The van der Waals surface area contributed by atoms with Gasteiger partial charge in [0.2, 0.25) is 0 Å². The van der Waals surface area contributed by atoms with Crippen molar-refractivity contribution >= 4 is 0 Å². The highest BCUT2D eigenvalue weighted by atomic mass is 16.5. The van der Waals surface area contributed by atoms with Crippen LogP contribution in [-0.4, -0.2) is 32.1 Å². The first-order valence-electron chi connectivity index (χ1n) is 7.11. The fraction of sp³-hybridized carbons (Fsp3) is 0.529. The van der Waals surface area contributed by atoms with Crippen LogP contribution in [0.1, 0.15) is 31.4 Å². The molecule has 0 spiro atoms. The molecule has 110 valence electrons. The van der Waals surface area contributed by atoms with Crippen LogP contribution in [0.4, 0.5) is 0 Å². The molecular weight excluding hydrogens is 248 g/mol. The van der Waals surface area contributed by atoms with Crippen LogP contribution in [-0.2, 0) is 6.54 Å². The fourth-order valence-electron chi connectivity index (χ4n) is 1.97. The van der Waals surface area contributed by atoms with Gasteiger partial charge in [-0.15, -0.1) is 0 Å². The van der Waals surface area contributed by atoms with Gasteiger partial charge in [0, 0.05) is 6.54 Å². The Morgan fingerprint density at radius 2 is 2.10 bits per heavy atom. The van der Waals surface area contributed by atoms with E-state index >= 15 is 0 Å². The van der Waals surface area contributed by atoms with Gasteiger partial charge in [-0.3, -0.25) is 0 Å². The van der Waals surface area contributed by atoms with E-state index in [4.69, 9.17) is 10.5 Å². The van der Waals surface area contributed by atoms with E-state index < -0.39 is 0 Å². The minimum atomic E-state index is 0.363. The van der Waals surface area contributed by atoms with Gasteiger partial charge < -0.3 is 15.4 Å². The maximum Gasteiger partial charge on any atom is 0.134 e. The molecule has 3 nitrogen and oxygen atoms in total. The molecule has 1 aromatic rings. The minimum absolute atomic E-state index is 0.363. The zero-order valence-corrected chi connectivity index (χ0v) is 13.1. The minimum Gasteiger partial charge on any atom is -0.495 e. The molecule has 3 heteroatoms. The number of rotatable bonds is 6. The molecule has 0 saturated carbocycles. The highest BCUT2D eigenvalue weighted by Gasteiger charge is 2.05. The summed E-state index contributed by atoms with van der Waals surface area (Å²) in [4.78, 5) is 2.34. The lowest BCUT2D eigenvalue weighted by atomic mass is 10.1. The zero-order valence-electron chi connectivity index (χ0n) is 13.1. The van der Waals surface area contributed by atoms with E-state index in [1.807, 2.05) is 6.07 Å². The van der Waals surface area contributed by atoms with E-state index in [1.165, 1.54) is 12.0 Å².